The fourth-order valence-electron chi connectivity index (χ4n) is 1.57. The van der Waals surface area contributed by atoms with Gasteiger partial charge in [0.2, 0.25) is 0 Å². The number of hydrogen-bond acceptors (Lipinski definition) is 0. The largest absolute Gasteiger partial charge is 0.246 e. The first-order valence-electron chi connectivity index (χ1n) is 5.13. The molecule has 0 spiro atoms. The predicted octanol–water partition coefficient (Wildman–Crippen LogP) is 4.72. The zero-order valence-electron chi connectivity index (χ0n) is 8.79. The summed E-state index contributed by atoms with van der Waals surface area (Å²) in [6.45, 7) is -0.400. The van der Waals surface area contributed by atoms with Crippen molar-refractivity contribution >= 4 is 15.9 Å². The first-order chi connectivity index (χ1) is 7.83. The molecule has 0 aliphatic heterocycles. The monoisotopic (exact) mass is 278 g/mol. The molecule has 0 radical (unpaired) electrons. The summed E-state index contributed by atoms with van der Waals surface area (Å²) < 4.78 is 12.4. The molecule has 0 amide bonds. The SMILES string of the molecule is FCc1ccc(-c2ccc(CBr)cc2)cc1. The van der Waals surface area contributed by atoms with E-state index in [9.17, 15) is 4.39 Å². The molecular formula is C14H12BrF. The van der Waals surface area contributed by atoms with Crippen LogP contribution in [0.3, 0.4) is 0 Å². The molecule has 0 aromatic heterocycles. The van der Waals surface area contributed by atoms with Gasteiger partial charge in [-0.3, -0.25) is 0 Å². The van der Waals surface area contributed by atoms with Gasteiger partial charge in [0.1, 0.15) is 6.67 Å². The van der Waals surface area contributed by atoms with Crippen LogP contribution in [-0.2, 0) is 12.0 Å². The molecule has 0 heterocycles. The summed E-state index contributed by atoms with van der Waals surface area (Å²) in [4.78, 5) is 0. The van der Waals surface area contributed by atoms with E-state index in [1.165, 1.54) is 5.56 Å². The maximum absolute atomic E-state index is 12.4. The first kappa shape index (κ1) is 11.3. The Bertz CT molecular complexity index is 400. The van der Waals surface area contributed by atoms with Gasteiger partial charge in [-0.25, -0.2) is 4.39 Å². The second-order valence-electron chi connectivity index (χ2n) is 3.66. The van der Waals surface area contributed by atoms with Crippen LogP contribution in [0.5, 0.6) is 0 Å². The topological polar surface area (TPSA) is 0 Å². The Labute approximate surface area is 103 Å². The van der Waals surface area contributed by atoms with Crippen LogP contribution in [0, 0.1) is 0 Å². The summed E-state index contributed by atoms with van der Waals surface area (Å²) in [5.41, 5.74) is 4.26. The van der Waals surface area contributed by atoms with E-state index < -0.39 is 6.67 Å². The van der Waals surface area contributed by atoms with Crippen molar-refractivity contribution in [2.75, 3.05) is 0 Å². The van der Waals surface area contributed by atoms with E-state index in [1.807, 2.05) is 24.3 Å². The van der Waals surface area contributed by atoms with Gasteiger partial charge >= 0.3 is 0 Å². The molecule has 0 aliphatic carbocycles. The molecule has 0 unspecified atom stereocenters. The zero-order chi connectivity index (χ0) is 11.4. The average Bonchev–Trinajstić information content (AvgIpc) is 2.39. The van der Waals surface area contributed by atoms with Gasteiger partial charge in [0.25, 0.3) is 0 Å². The summed E-state index contributed by atoms with van der Waals surface area (Å²) in [5, 5.41) is 0.869. The molecule has 82 valence electrons. The van der Waals surface area contributed by atoms with Crippen molar-refractivity contribution in [1.29, 1.82) is 0 Å². The molecule has 0 saturated carbocycles. The van der Waals surface area contributed by atoms with Gasteiger partial charge in [-0.1, -0.05) is 64.5 Å². The van der Waals surface area contributed by atoms with E-state index in [2.05, 4.69) is 40.2 Å². The van der Waals surface area contributed by atoms with Crippen LogP contribution in [0.2, 0.25) is 0 Å². The Morgan fingerprint density at radius 1 is 0.750 bits per heavy atom. The first-order valence-corrected chi connectivity index (χ1v) is 6.26. The summed E-state index contributed by atoms with van der Waals surface area (Å²) >= 11 is 3.42. The lowest BCUT2D eigenvalue weighted by atomic mass is 10.0. The highest BCUT2D eigenvalue weighted by Gasteiger charge is 1.98. The van der Waals surface area contributed by atoms with Gasteiger partial charge in [0.05, 0.1) is 0 Å². The molecule has 0 aliphatic rings. The Morgan fingerprint density at radius 2 is 1.19 bits per heavy atom. The molecule has 2 aromatic rings. The van der Waals surface area contributed by atoms with E-state index in [-0.39, 0.29) is 0 Å². The molecule has 2 rings (SSSR count). The van der Waals surface area contributed by atoms with E-state index in [0.29, 0.717) is 0 Å². The Kier molecular flexibility index (Phi) is 3.73. The number of benzene rings is 2. The van der Waals surface area contributed by atoms with Gasteiger partial charge in [0, 0.05) is 5.33 Å². The van der Waals surface area contributed by atoms with Gasteiger partial charge in [-0.05, 0) is 22.3 Å². The van der Waals surface area contributed by atoms with Crippen molar-refractivity contribution in [1.82, 2.24) is 0 Å². The number of hydrogen-bond donors (Lipinski definition) is 0. The van der Waals surface area contributed by atoms with Crippen LogP contribution in [0.15, 0.2) is 48.5 Å². The van der Waals surface area contributed by atoms with Crippen LogP contribution in [-0.4, -0.2) is 0 Å². The normalized spacial score (nSPS) is 10.4. The van der Waals surface area contributed by atoms with Crippen LogP contribution >= 0.6 is 15.9 Å². The Morgan fingerprint density at radius 3 is 1.56 bits per heavy atom. The second kappa shape index (κ2) is 5.26. The van der Waals surface area contributed by atoms with E-state index in [0.717, 1.165) is 22.0 Å². The zero-order valence-corrected chi connectivity index (χ0v) is 10.4. The molecule has 0 nitrogen and oxygen atoms in total. The summed E-state index contributed by atoms with van der Waals surface area (Å²) in [6.07, 6.45) is 0. The quantitative estimate of drug-likeness (QED) is 0.713. The lowest BCUT2D eigenvalue weighted by Gasteiger charge is -2.03. The standard InChI is InChI=1S/C14H12BrF/c15-9-11-1-5-13(6-2-11)14-7-3-12(10-16)4-8-14/h1-8H,9-10H2. The van der Waals surface area contributed by atoms with Crippen molar-refractivity contribution in [3.05, 3.63) is 59.7 Å². The summed E-state index contributed by atoms with van der Waals surface area (Å²) in [6, 6.07) is 15.9. The third-order valence-corrected chi connectivity index (χ3v) is 3.20. The minimum Gasteiger partial charge on any atom is -0.246 e. The van der Waals surface area contributed by atoms with Crippen molar-refractivity contribution in [2.45, 2.75) is 12.0 Å². The predicted molar refractivity (Wildman–Crippen MR) is 69.3 cm³/mol. The fourth-order valence-corrected chi connectivity index (χ4v) is 1.95. The van der Waals surface area contributed by atoms with Gasteiger partial charge in [-0.15, -0.1) is 0 Å². The fraction of sp³-hybridized carbons (Fsp3) is 0.143. The molecule has 0 bridgehead atoms. The van der Waals surface area contributed by atoms with Crippen molar-refractivity contribution in [2.24, 2.45) is 0 Å². The second-order valence-corrected chi connectivity index (χ2v) is 4.22. The smallest absolute Gasteiger partial charge is 0.115 e. The third kappa shape index (κ3) is 2.50. The van der Waals surface area contributed by atoms with E-state index >= 15 is 0 Å². The van der Waals surface area contributed by atoms with Gasteiger partial charge in [0.15, 0.2) is 0 Å². The van der Waals surface area contributed by atoms with Crippen LogP contribution in [0.4, 0.5) is 4.39 Å². The lowest BCUT2D eigenvalue weighted by Crippen LogP contribution is -1.82. The number of rotatable bonds is 3. The molecule has 0 saturated heterocycles. The maximum Gasteiger partial charge on any atom is 0.115 e. The van der Waals surface area contributed by atoms with E-state index in [1.54, 1.807) is 0 Å². The van der Waals surface area contributed by atoms with Gasteiger partial charge < -0.3 is 0 Å². The summed E-state index contributed by atoms with van der Waals surface area (Å²) in [5.74, 6) is 0. The molecule has 0 fully saturated rings. The third-order valence-electron chi connectivity index (χ3n) is 2.55. The molecular weight excluding hydrogens is 267 g/mol. The molecule has 0 atom stereocenters. The maximum atomic E-state index is 12.4. The van der Waals surface area contributed by atoms with Crippen molar-refractivity contribution < 1.29 is 4.39 Å². The van der Waals surface area contributed by atoms with Crippen LogP contribution < -0.4 is 0 Å². The van der Waals surface area contributed by atoms with Crippen LogP contribution in [0.1, 0.15) is 11.1 Å². The molecule has 0 N–H and O–H groups in total. The summed E-state index contributed by atoms with van der Waals surface area (Å²) in [7, 11) is 0. The minimum absolute atomic E-state index is 0.400. The minimum atomic E-state index is -0.400. The molecule has 16 heavy (non-hydrogen) atoms. The highest BCUT2D eigenvalue weighted by molar-refractivity contribution is 9.08. The van der Waals surface area contributed by atoms with Crippen LogP contribution in [0.25, 0.3) is 11.1 Å². The molecule has 2 heteroatoms. The van der Waals surface area contributed by atoms with Crippen molar-refractivity contribution in [3.63, 3.8) is 0 Å². The molecule has 2 aromatic carbocycles. The highest BCUT2D eigenvalue weighted by Crippen LogP contribution is 2.21. The van der Waals surface area contributed by atoms with Gasteiger partial charge in [-0.2, -0.15) is 0 Å². The average molecular weight is 279 g/mol. The Balaban J connectivity index is 2.28. The lowest BCUT2D eigenvalue weighted by molar-refractivity contribution is 0.485. The van der Waals surface area contributed by atoms with E-state index in [4.69, 9.17) is 0 Å². The Hall–Kier alpha value is -1.15. The number of alkyl halides is 2. The highest BCUT2D eigenvalue weighted by atomic mass is 79.9. The van der Waals surface area contributed by atoms with Crippen molar-refractivity contribution in [3.8, 4) is 11.1 Å². The number of halogens is 2.